The van der Waals surface area contributed by atoms with Gasteiger partial charge in [-0.05, 0) is 76.4 Å². The summed E-state index contributed by atoms with van der Waals surface area (Å²) in [5.41, 5.74) is 0.415. The molecular weight excluding hydrogens is 538 g/mol. The molecule has 9 nitrogen and oxygen atoms in total. The van der Waals surface area contributed by atoms with Crippen molar-refractivity contribution in [2.24, 2.45) is 11.3 Å². The molecule has 0 radical (unpaired) electrons. The van der Waals surface area contributed by atoms with E-state index in [1.807, 2.05) is 18.5 Å². The van der Waals surface area contributed by atoms with E-state index in [0.29, 0.717) is 17.5 Å². The average molecular weight is 573 g/mol. The van der Waals surface area contributed by atoms with E-state index >= 15 is 0 Å². The number of aromatic nitrogens is 2. The number of carboxylic acids is 2. The number of alkyl halides is 6. The van der Waals surface area contributed by atoms with Crippen LogP contribution < -0.4 is 4.90 Å². The highest BCUT2D eigenvalue weighted by molar-refractivity contribution is 5.73. The van der Waals surface area contributed by atoms with Crippen LogP contribution in [0.5, 0.6) is 0 Å². The van der Waals surface area contributed by atoms with Gasteiger partial charge in [0.25, 0.3) is 0 Å². The normalized spacial score (nSPS) is 21.2. The second-order valence-electron chi connectivity index (χ2n) is 10.3. The molecular formula is C24H34F6N4O5. The first-order chi connectivity index (χ1) is 18.0. The molecule has 0 bridgehead atoms. The third-order valence-corrected chi connectivity index (χ3v) is 6.86. The highest BCUT2D eigenvalue weighted by Gasteiger charge is 2.46. The van der Waals surface area contributed by atoms with E-state index in [-0.39, 0.29) is 0 Å². The van der Waals surface area contributed by atoms with Crippen LogP contribution in [-0.2, 0) is 14.3 Å². The molecule has 3 aliphatic rings. The van der Waals surface area contributed by atoms with Crippen molar-refractivity contribution in [2.75, 3.05) is 37.7 Å². The van der Waals surface area contributed by atoms with Crippen LogP contribution in [0.25, 0.3) is 0 Å². The van der Waals surface area contributed by atoms with Crippen LogP contribution in [0.15, 0.2) is 18.5 Å². The molecule has 15 heteroatoms. The lowest BCUT2D eigenvalue weighted by molar-refractivity contribution is -0.193. The van der Waals surface area contributed by atoms with Gasteiger partial charge in [0.05, 0.1) is 12.6 Å². The molecule has 1 unspecified atom stereocenters. The van der Waals surface area contributed by atoms with Gasteiger partial charge in [0.15, 0.2) is 0 Å². The van der Waals surface area contributed by atoms with Crippen molar-refractivity contribution < 1.29 is 50.9 Å². The Kier molecular flexibility index (Phi) is 11.3. The number of hydrogen-bond donors (Lipinski definition) is 2. The van der Waals surface area contributed by atoms with Crippen molar-refractivity contribution in [1.29, 1.82) is 0 Å². The first kappa shape index (κ1) is 32.5. The monoisotopic (exact) mass is 572 g/mol. The third kappa shape index (κ3) is 10.8. The van der Waals surface area contributed by atoms with E-state index in [1.165, 1.54) is 45.2 Å². The largest absolute Gasteiger partial charge is 0.490 e. The molecule has 1 spiro atoms. The molecule has 2 saturated heterocycles. The SMILES string of the molecule is CC(C)N1CCC2(CC1)CC(COCC1CC1)N(c1ncccn1)C2.O=C(O)C(F)(F)F.O=C(O)C(F)(F)F. The van der Waals surface area contributed by atoms with Crippen LogP contribution in [0.2, 0.25) is 0 Å². The van der Waals surface area contributed by atoms with Crippen LogP contribution in [0.1, 0.15) is 46.0 Å². The Labute approximate surface area is 222 Å². The molecule has 3 heterocycles. The van der Waals surface area contributed by atoms with Crippen LogP contribution in [0.4, 0.5) is 32.3 Å². The molecule has 0 aromatic carbocycles. The fraction of sp³-hybridized carbons (Fsp3) is 0.750. The van der Waals surface area contributed by atoms with E-state index in [2.05, 4.69) is 33.6 Å². The molecule has 1 aliphatic carbocycles. The maximum atomic E-state index is 10.6. The van der Waals surface area contributed by atoms with Crippen molar-refractivity contribution >= 4 is 17.9 Å². The zero-order chi connectivity index (χ0) is 29.4. The smallest absolute Gasteiger partial charge is 0.475 e. The van der Waals surface area contributed by atoms with Gasteiger partial charge in [-0.1, -0.05) is 0 Å². The fourth-order valence-corrected chi connectivity index (χ4v) is 4.52. The second-order valence-corrected chi connectivity index (χ2v) is 10.3. The molecule has 1 aromatic rings. The van der Waals surface area contributed by atoms with Gasteiger partial charge in [-0.15, -0.1) is 0 Å². The number of rotatable bonds is 6. The molecule has 0 amide bonds. The van der Waals surface area contributed by atoms with Gasteiger partial charge in [-0.25, -0.2) is 19.6 Å². The van der Waals surface area contributed by atoms with Gasteiger partial charge < -0.3 is 24.7 Å². The topological polar surface area (TPSA) is 116 Å². The summed E-state index contributed by atoms with van der Waals surface area (Å²) in [4.78, 5) is 31.9. The molecule has 4 rings (SSSR count). The number of carbonyl (C=O) groups is 2. The summed E-state index contributed by atoms with van der Waals surface area (Å²) < 4.78 is 69.6. The Morgan fingerprint density at radius 2 is 1.49 bits per heavy atom. The van der Waals surface area contributed by atoms with Crippen LogP contribution in [0, 0.1) is 11.3 Å². The molecule has 2 aliphatic heterocycles. The maximum Gasteiger partial charge on any atom is 0.490 e. The number of aliphatic carboxylic acids is 2. The molecule has 1 aromatic heterocycles. The third-order valence-electron chi connectivity index (χ3n) is 6.86. The molecule has 1 saturated carbocycles. The molecule has 222 valence electrons. The lowest BCUT2D eigenvalue weighted by Crippen LogP contribution is -2.44. The summed E-state index contributed by atoms with van der Waals surface area (Å²) in [6.07, 6.45) is 0.0487. The zero-order valence-corrected chi connectivity index (χ0v) is 21.7. The number of piperidine rings is 1. The summed E-state index contributed by atoms with van der Waals surface area (Å²) in [7, 11) is 0. The van der Waals surface area contributed by atoms with Crippen LogP contribution >= 0.6 is 0 Å². The minimum Gasteiger partial charge on any atom is -0.475 e. The lowest BCUT2D eigenvalue weighted by Gasteiger charge is -2.41. The maximum absolute atomic E-state index is 10.6. The van der Waals surface area contributed by atoms with Crippen molar-refractivity contribution in [3.05, 3.63) is 18.5 Å². The van der Waals surface area contributed by atoms with Gasteiger partial charge in [0.2, 0.25) is 5.95 Å². The number of carboxylic acid groups (broad SMARTS) is 2. The van der Waals surface area contributed by atoms with Gasteiger partial charge in [-0.2, -0.15) is 26.3 Å². The number of likely N-dealkylation sites (tertiary alicyclic amines) is 1. The van der Waals surface area contributed by atoms with Crippen LogP contribution in [-0.4, -0.2) is 94.3 Å². The predicted octanol–water partition coefficient (Wildman–Crippen LogP) is 4.24. The van der Waals surface area contributed by atoms with Gasteiger partial charge in [-0.3, -0.25) is 0 Å². The number of hydrogen-bond acceptors (Lipinski definition) is 7. The number of ether oxygens (including phenoxy) is 1. The number of nitrogens with zero attached hydrogens (tertiary/aromatic N) is 4. The lowest BCUT2D eigenvalue weighted by atomic mass is 9.76. The summed E-state index contributed by atoms with van der Waals surface area (Å²) in [6, 6.07) is 2.98. The standard InChI is InChI=1S/C20H32N4O.2C2HF3O2/c1-16(2)23-10-6-20(7-11-23)12-18(14-25-13-17-4-5-17)24(15-20)19-21-8-3-9-22-19;2*3-2(4,5)1(6)7/h3,8-9,16-18H,4-7,10-15H2,1-2H3;2*(H,6,7). The Bertz CT molecular complexity index is 896. The van der Waals surface area contributed by atoms with Crippen molar-refractivity contribution in [3.8, 4) is 0 Å². The minimum atomic E-state index is -5.08. The highest BCUT2D eigenvalue weighted by atomic mass is 19.4. The first-order valence-corrected chi connectivity index (χ1v) is 12.5. The quantitative estimate of drug-likeness (QED) is 0.483. The molecule has 3 fully saturated rings. The summed E-state index contributed by atoms with van der Waals surface area (Å²) in [6.45, 7) is 9.91. The Morgan fingerprint density at radius 1 is 1.00 bits per heavy atom. The zero-order valence-electron chi connectivity index (χ0n) is 21.7. The number of halogens is 6. The van der Waals surface area contributed by atoms with E-state index in [0.717, 1.165) is 31.6 Å². The average Bonchev–Trinajstić information content (AvgIpc) is 3.60. The van der Waals surface area contributed by atoms with E-state index in [1.54, 1.807) is 0 Å². The molecule has 39 heavy (non-hydrogen) atoms. The van der Waals surface area contributed by atoms with E-state index < -0.39 is 24.3 Å². The van der Waals surface area contributed by atoms with Crippen molar-refractivity contribution in [2.45, 2.75) is 70.4 Å². The molecule has 2 N–H and O–H groups in total. The van der Waals surface area contributed by atoms with Gasteiger partial charge in [0, 0.05) is 31.6 Å². The number of anilines is 1. The summed E-state index contributed by atoms with van der Waals surface area (Å²) in [5.74, 6) is -3.81. The first-order valence-electron chi connectivity index (χ1n) is 12.5. The minimum absolute atomic E-state index is 0.415. The van der Waals surface area contributed by atoms with E-state index in [9.17, 15) is 26.3 Å². The van der Waals surface area contributed by atoms with Crippen molar-refractivity contribution in [3.63, 3.8) is 0 Å². The van der Waals surface area contributed by atoms with Gasteiger partial charge >= 0.3 is 24.3 Å². The predicted molar refractivity (Wildman–Crippen MR) is 127 cm³/mol. The van der Waals surface area contributed by atoms with Crippen LogP contribution in [0.3, 0.4) is 0 Å². The second kappa shape index (κ2) is 13.6. The Morgan fingerprint density at radius 3 is 1.90 bits per heavy atom. The molecule has 1 atom stereocenters. The highest BCUT2D eigenvalue weighted by Crippen LogP contribution is 2.44. The van der Waals surface area contributed by atoms with Crippen molar-refractivity contribution in [1.82, 2.24) is 14.9 Å². The Balaban J connectivity index is 0.000000317. The summed E-state index contributed by atoms with van der Waals surface area (Å²) in [5, 5.41) is 14.2. The van der Waals surface area contributed by atoms with Gasteiger partial charge in [0.1, 0.15) is 0 Å². The Hall–Kier alpha value is -2.68. The van der Waals surface area contributed by atoms with E-state index in [4.69, 9.17) is 24.5 Å². The summed E-state index contributed by atoms with van der Waals surface area (Å²) >= 11 is 0. The fourth-order valence-electron chi connectivity index (χ4n) is 4.52.